The first kappa shape index (κ1) is 12.5. The second-order valence-electron chi connectivity index (χ2n) is 4.07. The van der Waals surface area contributed by atoms with Gasteiger partial charge in [0.25, 0.3) is 0 Å². The van der Waals surface area contributed by atoms with Gasteiger partial charge in [-0.05, 0) is 29.3 Å². The van der Waals surface area contributed by atoms with Crippen LogP contribution in [0.4, 0.5) is 0 Å². The van der Waals surface area contributed by atoms with Crippen LogP contribution in [-0.4, -0.2) is 20.2 Å². The van der Waals surface area contributed by atoms with Crippen molar-refractivity contribution in [2.45, 2.75) is 26.0 Å². The van der Waals surface area contributed by atoms with E-state index in [9.17, 15) is 0 Å². The lowest BCUT2D eigenvalue weighted by molar-refractivity contribution is 0.295. The maximum atomic E-state index is 5.94. The molecule has 6 nitrogen and oxygen atoms in total. The van der Waals surface area contributed by atoms with Crippen LogP contribution in [0.5, 0.6) is 5.75 Å². The van der Waals surface area contributed by atoms with Gasteiger partial charge in [0.1, 0.15) is 5.75 Å². The molecule has 0 aliphatic rings. The van der Waals surface area contributed by atoms with E-state index in [1.807, 2.05) is 24.3 Å². The number of hydrogen-bond acceptors (Lipinski definition) is 5. The second-order valence-corrected chi connectivity index (χ2v) is 4.07. The molecule has 96 valence electrons. The van der Waals surface area contributed by atoms with Crippen LogP contribution in [0, 0.1) is 0 Å². The van der Waals surface area contributed by atoms with Crippen LogP contribution in [0.1, 0.15) is 30.8 Å². The smallest absolute Gasteiger partial charge is 0.212 e. The third-order valence-electron chi connectivity index (χ3n) is 2.67. The molecule has 0 radical (unpaired) electrons. The Morgan fingerprint density at radius 2 is 2.06 bits per heavy atom. The molecule has 0 saturated heterocycles. The van der Waals surface area contributed by atoms with Crippen molar-refractivity contribution in [2.75, 3.05) is 0 Å². The van der Waals surface area contributed by atoms with Crippen molar-refractivity contribution < 1.29 is 4.74 Å². The van der Waals surface area contributed by atoms with Gasteiger partial charge in [-0.3, -0.25) is 0 Å². The summed E-state index contributed by atoms with van der Waals surface area (Å²) in [6.45, 7) is 2.38. The van der Waals surface area contributed by atoms with E-state index in [1.54, 1.807) is 7.05 Å². The minimum absolute atomic E-state index is 0.0840. The predicted octanol–water partition coefficient (Wildman–Crippen LogP) is 1.20. The lowest BCUT2D eigenvalue weighted by atomic mass is 10.1. The van der Waals surface area contributed by atoms with E-state index in [0.717, 1.165) is 17.7 Å². The topological polar surface area (TPSA) is 78.9 Å². The number of hydrogen-bond donors (Lipinski definition) is 1. The fourth-order valence-electron chi connectivity index (χ4n) is 1.58. The van der Waals surface area contributed by atoms with Crippen molar-refractivity contribution in [2.24, 2.45) is 12.8 Å². The Morgan fingerprint density at radius 1 is 1.33 bits per heavy atom. The van der Waals surface area contributed by atoms with E-state index in [1.165, 1.54) is 4.80 Å². The highest BCUT2D eigenvalue weighted by atomic mass is 16.5. The summed E-state index contributed by atoms with van der Waals surface area (Å²) in [7, 11) is 1.72. The van der Waals surface area contributed by atoms with Gasteiger partial charge in [-0.25, -0.2) is 0 Å². The van der Waals surface area contributed by atoms with E-state index in [0.29, 0.717) is 12.4 Å². The minimum Gasteiger partial charge on any atom is -0.485 e. The molecule has 0 aliphatic carbocycles. The lowest BCUT2D eigenvalue weighted by Gasteiger charge is -2.10. The van der Waals surface area contributed by atoms with Gasteiger partial charge in [-0.2, -0.15) is 4.80 Å². The Balaban J connectivity index is 1.94. The van der Waals surface area contributed by atoms with Crippen LogP contribution in [-0.2, 0) is 13.7 Å². The standard InChI is InChI=1S/C12H17N5O/c1-3-11(13)9-4-6-10(7-5-9)18-8-12-14-16-17(2)15-12/h4-7,11H,3,8,13H2,1-2H3. The van der Waals surface area contributed by atoms with E-state index in [-0.39, 0.29) is 6.04 Å². The molecule has 0 bridgehead atoms. The highest BCUT2D eigenvalue weighted by molar-refractivity contribution is 5.28. The highest BCUT2D eigenvalue weighted by Crippen LogP contribution is 2.18. The summed E-state index contributed by atoms with van der Waals surface area (Å²) in [4.78, 5) is 1.40. The number of rotatable bonds is 5. The van der Waals surface area contributed by atoms with Crippen LogP contribution >= 0.6 is 0 Å². The zero-order chi connectivity index (χ0) is 13.0. The van der Waals surface area contributed by atoms with E-state index in [4.69, 9.17) is 10.5 Å². The van der Waals surface area contributed by atoms with Crippen LogP contribution < -0.4 is 10.5 Å². The maximum absolute atomic E-state index is 5.94. The summed E-state index contributed by atoms with van der Waals surface area (Å²) in [5.41, 5.74) is 7.05. The number of benzene rings is 1. The fraction of sp³-hybridized carbons (Fsp3) is 0.417. The number of tetrazole rings is 1. The Labute approximate surface area is 106 Å². The minimum atomic E-state index is 0.0840. The molecule has 0 fully saturated rings. The largest absolute Gasteiger partial charge is 0.485 e. The monoisotopic (exact) mass is 247 g/mol. The Bertz CT molecular complexity index is 493. The number of nitrogens with two attached hydrogens (primary N) is 1. The second kappa shape index (κ2) is 5.59. The molecule has 0 aliphatic heterocycles. The van der Waals surface area contributed by atoms with Gasteiger partial charge in [0.15, 0.2) is 6.61 Å². The summed E-state index contributed by atoms with van der Waals surface area (Å²) in [5.74, 6) is 1.33. The maximum Gasteiger partial charge on any atom is 0.212 e. The van der Waals surface area contributed by atoms with Gasteiger partial charge >= 0.3 is 0 Å². The van der Waals surface area contributed by atoms with Crippen molar-refractivity contribution in [1.82, 2.24) is 20.2 Å². The molecule has 6 heteroatoms. The van der Waals surface area contributed by atoms with Crippen LogP contribution in [0.25, 0.3) is 0 Å². The first-order chi connectivity index (χ1) is 8.69. The number of aryl methyl sites for hydroxylation is 1. The Kier molecular flexibility index (Phi) is 3.88. The molecule has 0 saturated carbocycles. The van der Waals surface area contributed by atoms with E-state index >= 15 is 0 Å². The first-order valence-corrected chi connectivity index (χ1v) is 5.90. The zero-order valence-corrected chi connectivity index (χ0v) is 10.6. The van der Waals surface area contributed by atoms with Crippen LogP contribution in [0.15, 0.2) is 24.3 Å². The molecule has 1 atom stereocenters. The molecule has 1 heterocycles. The molecular weight excluding hydrogens is 230 g/mol. The summed E-state index contributed by atoms with van der Waals surface area (Å²) < 4.78 is 5.55. The van der Waals surface area contributed by atoms with Gasteiger partial charge in [-0.1, -0.05) is 19.1 Å². The number of ether oxygens (including phenoxy) is 1. The van der Waals surface area contributed by atoms with Crippen molar-refractivity contribution in [3.8, 4) is 5.75 Å². The Morgan fingerprint density at radius 3 is 2.61 bits per heavy atom. The lowest BCUT2D eigenvalue weighted by Crippen LogP contribution is -2.08. The summed E-state index contributed by atoms with van der Waals surface area (Å²) in [6.07, 6.45) is 0.920. The van der Waals surface area contributed by atoms with Crippen molar-refractivity contribution in [1.29, 1.82) is 0 Å². The highest BCUT2D eigenvalue weighted by Gasteiger charge is 2.04. The van der Waals surface area contributed by atoms with Gasteiger partial charge < -0.3 is 10.5 Å². The van der Waals surface area contributed by atoms with Crippen molar-refractivity contribution in [3.05, 3.63) is 35.7 Å². The van der Waals surface area contributed by atoms with Gasteiger partial charge in [0.2, 0.25) is 5.82 Å². The van der Waals surface area contributed by atoms with Crippen LogP contribution in [0.2, 0.25) is 0 Å². The predicted molar refractivity (Wildman–Crippen MR) is 66.8 cm³/mol. The van der Waals surface area contributed by atoms with E-state index in [2.05, 4.69) is 22.3 Å². The zero-order valence-electron chi connectivity index (χ0n) is 10.6. The molecule has 2 aromatic rings. The normalized spacial score (nSPS) is 12.4. The molecule has 0 amide bonds. The summed E-state index contributed by atoms with van der Waals surface area (Å²) in [5, 5.41) is 11.6. The third-order valence-corrected chi connectivity index (χ3v) is 2.67. The molecule has 0 spiro atoms. The number of aromatic nitrogens is 4. The van der Waals surface area contributed by atoms with E-state index < -0.39 is 0 Å². The van der Waals surface area contributed by atoms with Crippen molar-refractivity contribution in [3.63, 3.8) is 0 Å². The van der Waals surface area contributed by atoms with Crippen LogP contribution in [0.3, 0.4) is 0 Å². The summed E-state index contributed by atoms with van der Waals surface area (Å²) >= 11 is 0. The molecule has 1 aromatic carbocycles. The third kappa shape index (κ3) is 3.04. The van der Waals surface area contributed by atoms with Gasteiger partial charge in [-0.15, -0.1) is 10.2 Å². The number of nitrogens with zero attached hydrogens (tertiary/aromatic N) is 4. The average molecular weight is 247 g/mol. The van der Waals surface area contributed by atoms with Gasteiger partial charge in [0.05, 0.1) is 7.05 Å². The molecular formula is C12H17N5O. The molecule has 1 aromatic heterocycles. The fourth-order valence-corrected chi connectivity index (χ4v) is 1.58. The quantitative estimate of drug-likeness (QED) is 0.858. The Hall–Kier alpha value is -1.95. The SMILES string of the molecule is CCC(N)c1ccc(OCc2nnn(C)n2)cc1. The average Bonchev–Trinajstić information content (AvgIpc) is 2.82. The molecule has 2 rings (SSSR count). The molecule has 18 heavy (non-hydrogen) atoms. The molecule has 2 N–H and O–H groups in total. The first-order valence-electron chi connectivity index (χ1n) is 5.90. The molecule has 1 unspecified atom stereocenters. The summed E-state index contributed by atoms with van der Waals surface area (Å²) in [6, 6.07) is 7.85. The van der Waals surface area contributed by atoms with Gasteiger partial charge in [0, 0.05) is 6.04 Å². The van der Waals surface area contributed by atoms with Crippen molar-refractivity contribution >= 4 is 0 Å².